The summed E-state index contributed by atoms with van der Waals surface area (Å²) < 4.78 is 60.8. The lowest BCUT2D eigenvalue weighted by Crippen LogP contribution is -2.03. The Kier molecular flexibility index (Phi) is 12.7. The number of carbonyl (C=O) groups excluding carboxylic acids is 1. The molecule has 0 radical (unpaired) electrons. The van der Waals surface area contributed by atoms with Gasteiger partial charge in [-0.1, -0.05) is 0 Å². The van der Waals surface area contributed by atoms with Crippen molar-refractivity contribution in [1.29, 1.82) is 0 Å². The van der Waals surface area contributed by atoms with Gasteiger partial charge in [0.2, 0.25) is 0 Å². The molecule has 0 atom stereocenters. The second kappa shape index (κ2) is 14.6. The molecule has 184 valence electrons. The molecule has 0 aliphatic carbocycles. The van der Waals surface area contributed by atoms with E-state index in [1.165, 1.54) is 14.2 Å². The summed E-state index contributed by atoms with van der Waals surface area (Å²) in [5.41, 5.74) is -0.455. The van der Waals surface area contributed by atoms with E-state index in [0.717, 1.165) is 36.4 Å². The van der Waals surface area contributed by atoms with Gasteiger partial charge in [-0.05, 0) is 18.2 Å². The number of benzene rings is 2. The molecule has 0 aromatic heterocycles. The van der Waals surface area contributed by atoms with E-state index in [-0.39, 0.29) is 28.9 Å². The number of carbonyl (C=O) groups is 4. The fourth-order valence-electron chi connectivity index (χ4n) is 1.91. The van der Waals surface area contributed by atoms with Crippen molar-refractivity contribution in [3.63, 3.8) is 0 Å². The van der Waals surface area contributed by atoms with Crippen molar-refractivity contribution >= 4 is 30.3 Å². The van der Waals surface area contributed by atoms with Crippen LogP contribution in [0.4, 0.5) is 17.6 Å². The molecule has 2 aromatic carbocycles. The summed E-state index contributed by atoms with van der Waals surface area (Å²) in [6, 6.07) is 3.35. The highest BCUT2D eigenvalue weighted by Gasteiger charge is 2.09. The third-order valence-electron chi connectivity index (χ3n) is 3.38. The van der Waals surface area contributed by atoms with E-state index >= 15 is 0 Å². The van der Waals surface area contributed by atoms with Gasteiger partial charge in [-0.25, -0.2) is 22.4 Å². The first-order chi connectivity index (χ1) is 15.9. The Labute approximate surface area is 189 Å². The molecule has 0 bridgehead atoms. The number of aldehydes is 1. The van der Waals surface area contributed by atoms with Crippen LogP contribution in [0.2, 0.25) is 0 Å². The zero-order valence-electron chi connectivity index (χ0n) is 17.6. The third kappa shape index (κ3) is 10.7. The smallest absolute Gasteiger partial charge is 0.328 e. The van der Waals surface area contributed by atoms with Crippen LogP contribution in [-0.2, 0) is 14.4 Å². The SMILES string of the molecule is COc1cc(F)c(/C=C/C(=O)O)cc1F.COc1cc(F)c(C=O)cc1F.O=C(O)CC(=O)O. The lowest BCUT2D eigenvalue weighted by molar-refractivity contribution is -0.147. The Morgan fingerprint density at radius 1 is 0.765 bits per heavy atom. The van der Waals surface area contributed by atoms with Crippen LogP contribution in [0.25, 0.3) is 6.08 Å². The largest absolute Gasteiger partial charge is 0.494 e. The zero-order chi connectivity index (χ0) is 26.4. The van der Waals surface area contributed by atoms with Crippen molar-refractivity contribution in [2.75, 3.05) is 14.2 Å². The van der Waals surface area contributed by atoms with E-state index in [1.807, 2.05) is 0 Å². The summed E-state index contributed by atoms with van der Waals surface area (Å²) in [5.74, 6) is -7.32. The molecule has 0 unspecified atom stereocenters. The molecule has 0 spiro atoms. The van der Waals surface area contributed by atoms with E-state index in [2.05, 4.69) is 9.47 Å². The maximum absolute atomic E-state index is 13.2. The van der Waals surface area contributed by atoms with Crippen molar-refractivity contribution in [3.05, 3.63) is 64.7 Å². The van der Waals surface area contributed by atoms with Gasteiger partial charge in [0.05, 0.1) is 19.8 Å². The summed E-state index contributed by atoms with van der Waals surface area (Å²) in [5, 5.41) is 23.7. The minimum absolute atomic E-state index is 0.143. The number of carboxylic acids is 3. The van der Waals surface area contributed by atoms with Crippen LogP contribution in [0, 0.1) is 23.3 Å². The molecule has 0 aliphatic heterocycles. The van der Waals surface area contributed by atoms with Gasteiger partial charge < -0.3 is 24.8 Å². The van der Waals surface area contributed by atoms with E-state index in [1.54, 1.807) is 0 Å². The van der Waals surface area contributed by atoms with E-state index in [4.69, 9.17) is 15.3 Å². The van der Waals surface area contributed by atoms with Gasteiger partial charge in [0.25, 0.3) is 0 Å². The minimum atomic E-state index is -1.31. The number of aliphatic carboxylic acids is 3. The van der Waals surface area contributed by atoms with Crippen molar-refractivity contribution in [3.8, 4) is 11.5 Å². The van der Waals surface area contributed by atoms with E-state index < -0.39 is 47.6 Å². The van der Waals surface area contributed by atoms with Gasteiger partial charge in [0, 0.05) is 23.8 Å². The first-order valence-corrected chi connectivity index (χ1v) is 8.72. The number of rotatable bonds is 7. The van der Waals surface area contributed by atoms with Crippen LogP contribution in [0.5, 0.6) is 11.5 Å². The van der Waals surface area contributed by atoms with E-state index in [0.29, 0.717) is 0 Å². The molecule has 9 nitrogen and oxygen atoms in total. The Morgan fingerprint density at radius 3 is 1.50 bits per heavy atom. The Morgan fingerprint density at radius 2 is 1.18 bits per heavy atom. The van der Waals surface area contributed by atoms with Gasteiger partial charge >= 0.3 is 17.9 Å². The van der Waals surface area contributed by atoms with E-state index in [9.17, 15) is 36.7 Å². The summed E-state index contributed by atoms with van der Waals surface area (Å²) >= 11 is 0. The molecule has 3 N–H and O–H groups in total. The predicted molar refractivity (Wildman–Crippen MR) is 108 cm³/mol. The van der Waals surface area contributed by atoms with Crippen LogP contribution in [-0.4, -0.2) is 53.7 Å². The lowest BCUT2D eigenvalue weighted by Gasteiger charge is -2.03. The minimum Gasteiger partial charge on any atom is -0.494 e. The standard InChI is InChI=1S/C10H8F2O3.C8H6F2O2.C3H4O4/c1-15-9-5-7(11)6(4-8(9)12)2-3-10(13)14;1-12-8-3-6(9)5(4-11)2-7(8)10;4-2(5)1-3(6)7/h2-5H,1H3,(H,13,14);2-4H,1H3;1H2,(H,4,5)(H,6,7)/b3-2+;;. The third-order valence-corrected chi connectivity index (χ3v) is 3.38. The van der Waals surface area contributed by atoms with Gasteiger partial charge in [-0.3, -0.25) is 14.4 Å². The van der Waals surface area contributed by atoms with Crippen LogP contribution in [0.1, 0.15) is 22.3 Å². The predicted octanol–water partition coefficient (Wildman–Crippen LogP) is 3.40. The number of carboxylic acid groups (broad SMARTS) is 3. The summed E-state index contributed by atoms with van der Waals surface area (Å²) in [6.45, 7) is 0. The number of methoxy groups -OCH3 is 2. The normalized spacial score (nSPS) is 9.71. The molecule has 0 aliphatic rings. The maximum atomic E-state index is 13.2. The molecule has 0 saturated carbocycles. The van der Waals surface area contributed by atoms with Crippen LogP contribution in [0.3, 0.4) is 0 Å². The van der Waals surface area contributed by atoms with Crippen LogP contribution >= 0.6 is 0 Å². The number of ether oxygens (including phenoxy) is 2. The first kappa shape index (κ1) is 29.6. The molecular weight excluding hydrogens is 472 g/mol. The highest BCUT2D eigenvalue weighted by atomic mass is 19.1. The molecule has 0 saturated heterocycles. The Balaban J connectivity index is 0.000000514. The van der Waals surface area contributed by atoms with Crippen LogP contribution < -0.4 is 9.47 Å². The molecule has 13 heteroatoms. The first-order valence-electron chi connectivity index (χ1n) is 8.72. The Hall–Kier alpha value is -4.42. The quantitative estimate of drug-likeness (QED) is 0.230. The molecule has 34 heavy (non-hydrogen) atoms. The average Bonchev–Trinajstić information content (AvgIpc) is 2.75. The summed E-state index contributed by atoms with van der Waals surface area (Å²) in [4.78, 5) is 39.2. The maximum Gasteiger partial charge on any atom is 0.328 e. The number of hydrogen-bond donors (Lipinski definition) is 3. The topological polar surface area (TPSA) is 147 Å². The van der Waals surface area contributed by atoms with Gasteiger partial charge in [-0.2, -0.15) is 0 Å². The fourth-order valence-corrected chi connectivity index (χ4v) is 1.91. The zero-order valence-corrected chi connectivity index (χ0v) is 17.6. The highest BCUT2D eigenvalue weighted by molar-refractivity contribution is 5.88. The second-order valence-corrected chi connectivity index (χ2v) is 5.77. The van der Waals surface area contributed by atoms with Crippen molar-refractivity contribution in [1.82, 2.24) is 0 Å². The molecular formula is C21H18F4O9. The average molecular weight is 490 g/mol. The number of halogens is 4. The van der Waals surface area contributed by atoms with Gasteiger partial charge in [0.1, 0.15) is 18.1 Å². The highest BCUT2D eigenvalue weighted by Crippen LogP contribution is 2.22. The van der Waals surface area contributed by atoms with Gasteiger partial charge in [0.15, 0.2) is 29.4 Å². The summed E-state index contributed by atoms with van der Waals surface area (Å²) in [7, 11) is 2.43. The Bertz CT molecular complexity index is 1060. The lowest BCUT2D eigenvalue weighted by atomic mass is 10.2. The number of hydrogen-bond acceptors (Lipinski definition) is 6. The second-order valence-electron chi connectivity index (χ2n) is 5.77. The summed E-state index contributed by atoms with van der Waals surface area (Å²) in [6.07, 6.45) is 1.14. The van der Waals surface area contributed by atoms with Crippen molar-refractivity contribution in [2.24, 2.45) is 0 Å². The molecule has 2 rings (SSSR count). The fraction of sp³-hybridized carbons (Fsp3) is 0.143. The van der Waals surface area contributed by atoms with Crippen molar-refractivity contribution in [2.45, 2.75) is 6.42 Å². The molecule has 0 fully saturated rings. The molecule has 0 amide bonds. The van der Waals surface area contributed by atoms with Crippen LogP contribution in [0.15, 0.2) is 30.3 Å². The van der Waals surface area contributed by atoms with Crippen molar-refractivity contribution < 1.29 is 61.5 Å². The molecule has 0 heterocycles. The molecule has 2 aromatic rings. The van der Waals surface area contributed by atoms with Gasteiger partial charge in [-0.15, -0.1) is 0 Å². The monoisotopic (exact) mass is 490 g/mol.